The molecule has 0 aliphatic heterocycles. The molecule has 34 heavy (non-hydrogen) atoms. The van der Waals surface area contributed by atoms with Crippen LogP contribution in [0.15, 0.2) is 83.8 Å². The molecule has 0 bridgehead atoms. The maximum absolute atomic E-state index is 13.1. The molecule has 2 N–H and O–H groups in total. The fourth-order valence-corrected chi connectivity index (χ4v) is 4.04. The summed E-state index contributed by atoms with van der Waals surface area (Å²) in [6, 6.07) is 23.7. The lowest BCUT2D eigenvalue weighted by Gasteiger charge is -2.15. The van der Waals surface area contributed by atoms with Crippen molar-refractivity contribution in [2.45, 2.75) is 24.8 Å². The summed E-state index contributed by atoms with van der Waals surface area (Å²) in [5.41, 5.74) is 3.73. The van der Waals surface area contributed by atoms with Gasteiger partial charge >= 0.3 is 0 Å². The largest absolute Gasteiger partial charge is 0.335 e. The van der Waals surface area contributed by atoms with E-state index in [1.807, 2.05) is 61.5 Å². The smallest absolute Gasteiger partial charge is 0.293 e. The number of amides is 1. The summed E-state index contributed by atoms with van der Waals surface area (Å²) < 4.78 is 24.8. The van der Waals surface area contributed by atoms with Crippen molar-refractivity contribution < 1.29 is 13.2 Å². The Morgan fingerprint density at radius 3 is 2.21 bits per heavy atom. The van der Waals surface area contributed by atoms with Gasteiger partial charge in [0.25, 0.3) is 5.91 Å². The number of carbonyl (C=O) groups excluding carboxylic acids is 1. The van der Waals surface area contributed by atoms with Crippen LogP contribution in [0.3, 0.4) is 0 Å². The lowest BCUT2D eigenvalue weighted by atomic mass is 10.1. The van der Waals surface area contributed by atoms with E-state index in [0.29, 0.717) is 24.5 Å². The van der Waals surface area contributed by atoms with Crippen molar-refractivity contribution in [3.05, 3.63) is 107 Å². The van der Waals surface area contributed by atoms with Crippen LogP contribution in [0.2, 0.25) is 0 Å². The van der Waals surface area contributed by atoms with E-state index >= 15 is 0 Å². The summed E-state index contributed by atoms with van der Waals surface area (Å²) in [5, 5.41) is 9.69. The molecule has 0 atom stereocenters. The van der Waals surface area contributed by atoms with Gasteiger partial charge in [0, 0.05) is 20.0 Å². The normalized spacial score (nSPS) is 11.4. The number of nitrogens with zero attached hydrogens (tertiary/aromatic N) is 4. The fraction of sp³-hybridized carbons (Fsp3) is 0.160. The van der Waals surface area contributed by atoms with Gasteiger partial charge in [-0.3, -0.25) is 4.79 Å². The molecule has 0 fully saturated rings. The monoisotopic (exact) mass is 475 g/mol. The minimum atomic E-state index is -3.82. The van der Waals surface area contributed by atoms with E-state index in [9.17, 15) is 13.2 Å². The lowest BCUT2D eigenvalue weighted by Crippen LogP contribution is -2.27. The molecule has 0 radical (unpaired) electrons. The van der Waals surface area contributed by atoms with Crippen molar-refractivity contribution in [3.8, 4) is 5.69 Å². The first kappa shape index (κ1) is 23.3. The Kier molecular flexibility index (Phi) is 6.58. The van der Waals surface area contributed by atoms with E-state index in [-0.39, 0.29) is 16.6 Å². The highest BCUT2D eigenvalue weighted by atomic mass is 32.2. The zero-order valence-corrected chi connectivity index (χ0v) is 19.7. The zero-order chi connectivity index (χ0) is 24.3. The van der Waals surface area contributed by atoms with E-state index < -0.39 is 10.0 Å². The van der Waals surface area contributed by atoms with Gasteiger partial charge in [0.15, 0.2) is 0 Å². The van der Waals surface area contributed by atoms with E-state index in [1.165, 1.54) is 12.1 Å². The summed E-state index contributed by atoms with van der Waals surface area (Å²) in [5.74, 6) is 0.313. The van der Waals surface area contributed by atoms with Crippen LogP contribution < -0.4 is 5.14 Å². The fourth-order valence-electron chi connectivity index (χ4n) is 3.52. The molecule has 9 heteroatoms. The first-order chi connectivity index (χ1) is 16.2. The maximum atomic E-state index is 13.1. The van der Waals surface area contributed by atoms with Crippen LogP contribution >= 0.6 is 0 Å². The molecule has 0 unspecified atom stereocenters. The van der Waals surface area contributed by atoms with Gasteiger partial charge < -0.3 is 4.90 Å². The second kappa shape index (κ2) is 9.58. The summed E-state index contributed by atoms with van der Waals surface area (Å²) in [6.45, 7) is 2.43. The molecule has 0 aliphatic rings. The molecular formula is C25H25N5O3S. The molecule has 0 saturated heterocycles. The van der Waals surface area contributed by atoms with Gasteiger partial charge in [-0.1, -0.05) is 60.2 Å². The van der Waals surface area contributed by atoms with Gasteiger partial charge in [0.1, 0.15) is 5.82 Å². The molecule has 0 spiro atoms. The van der Waals surface area contributed by atoms with Crippen molar-refractivity contribution in [1.29, 1.82) is 0 Å². The second-order valence-corrected chi connectivity index (χ2v) is 9.67. The Labute approximate surface area is 198 Å². The number of hydrogen-bond donors (Lipinski definition) is 1. The Bertz CT molecular complexity index is 1400. The van der Waals surface area contributed by atoms with Gasteiger partial charge in [-0.05, 0) is 42.3 Å². The van der Waals surface area contributed by atoms with Crippen molar-refractivity contribution in [1.82, 2.24) is 19.7 Å². The highest BCUT2D eigenvalue weighted by Crippen LogP contribution is 2.17. The number of nitrogens with two attached hydrogens (primary N) is 1. The molecular weight excluding hydrogens is 450 g/mol. The van der Waals surface area contributed by atoms with Gasteiger partial charge in [-0.15, -0.1) is 5.10 Å². The highest BCUT2D eigenvalue weighted by molar-refractivity contribution is 7.89. The second-order valence-electron chi connectivity index (χ2n) is 8.11. The van der Waals surface area contributed by atoms with Gasteiger partial charge in [-0.25, -0.2) is 23.2 Å². The third-order valence-corrected chi connectivity index (χ3v) is 6.30. The third kappa shape index (κ3) is 5.38. The van der Waals surface area contributed by atoms with Crippen molar-refractivity contribution in [3.63, 3.8) is 0 Å². The minimum absolute atomic E-state index is 0.00453. The van der Waals surface area contributed by atoms with Gasteiger partial charge in [-0.2, -0.15) is 0 Å². The Morgan fingerprint density at radius 1 is 0.941 bits per heavy atom. The highest BCUT2D eigenvalue weighted by Gasteiger charge is 2.21. The third-order valence-electron chi connectivity index (χ3n) is 5.37. The van der Waals surface area contributed by atoms with Crippen LogP contribution in [-0.2, 0) is 23.0 Å². The van der Waals surface area contributed by atoms with Crippen LogP contribution in [0, 0.1) is 6.92 Å². The molecule has 1 amide bonds. The van der Waals surface area contributed by atoms with Crippen LogP contribution in [-0.4, -0.2) is 41.0 Å². The Balaban J connectivity index is 1.66. The number of benzene rings is 3. The molecule has 174 valence electrons. The average molecular weight is 476 g/mol. The SMILES string of the molecule is Cc1ccc(CN(C)C(=O)c2nc(Cc3ccccc3)n(-c3ccc(S(N)(=O)=O)cc3)n2)cc1. The van der Waals surface area contributed by atoms with E-state index in [1.54, 1.807) is 28.8 Å². The summed E-state index contributed by atoms with van der Waals surface area (Å²) in [4.78, 5) is 19.3. The van der Waals surface area contributed by atoms with Gasteiger partial charge in [0.05, 0.1) is 10.6 Å². The van der Waals surface area contributed by atoms with Crippen LogP contribution in [0.25, 0.3) is 5.69 Å². The topological polar surface area (TPSA) is 111 Å². The number of rotatable bonds is 7. The number of aromatic nitrogens is 3. The Hall–Kier alpha value is -3.82. The molecule has 1 heterocycles. The molecule has 8 nitrogen and oxygen atoms in total. The van der Waals surface area contributed by atoms with Gasteiger partial charge in [0.2, 0.25) is 15.8 Å². The quantitative estimate of drug-likeness (QED) is 0.442. The van der Waals surface area contributed by atoms with Crippen molar-refractivity contribution >= 4 is 15.9 Å². The van der Waals surface area contributed by atoms with Crippen LogP contribution in [0.4, 0.5) is 0 Å². The first-order valence-electron chi connectivity index (χ1n) is 10.6. The van der Waals surface area contributed by atoms with Crippen LogP contribution in [0.5, 0.6) is 0 Å². The van der Waals surface area contributed by atoms with E-state index in [0.717, 1.165) is 16.7 Å². The summed E-state index contributed by atoms with van der Waals surface area (Å²) >= 11 is 0. The molecule has 4 aromatic rings. The van der Waals surface area contributed by atoms with E-state index in [2.05, 4.69) is 10.1 Å². The number of hydrogen-bond acceptors (Lipinski definition) is 5. The predicted molar refractivity (Wildman–Crippen MR) is 129 cm³/mol. The zero-order valence-electron chi connectivity index (χ0n) is 18.9. The number of primary sulfonamides is 1. The number of carbonyl (C=O) groups is 1. The Morgan fingerprint density at radius 2 is 1.59 bits per heavy atom. The molecule has 3 aromatic carbocycles. The molecule has 0 aliphatic carbocycles. The average Bonchev–Trinajstić information content (AvgIpc) is 3.24. The number of sulfonamides is 1. The molecule has 0 saturated carbocycles. The lowest BCUT2D eigenvalue weighted by molar-refractivity contribution is 0.0773. The van der Waals surface area contributed by atoms with Crippen molar-refractivity contribution in [2.75, 3.05) is 7.05 Å². The first-order valence-corrected chi connectivity index (χ1v) is 12.2. The molecule has 1 aromatic heterocycles. The standard InChI is InChI=1S/C25H25N5O3S/c1-18-8-10-20(11-9-18)17-29(2)25(31)24-27-23(16-19-6-4-3-5-7-19)30(28-24)21-12-14-22(15-13-21)34(26,32)33/h3-15H,16-17H2,1-2H3,(H2,26,32,33). The maximum Gasteiger partial charge on any atom is 0.293 e. The molecule has 4 rings (SSSR count). The summed E-state index contributed by atoms with van der Waals surface area (Å²) in [6.07, 6.45) is 0.444. The van der Waals surface area contributed by atoms with E-state index in [4.69, 9.17) is 5.14 Å². The van der Waals surface area contributed by atoms with Crippen LogP contribution in [0.1, 0.15) is 33.1 Å². The van der Waals surface area contributed by atoms with Crippen molar-refractivity contribution in [2.24, 2.45) is 5.14 Å². The number of aryl methyl sites for hydroxylation is 1. The minimum Gasteiger partial charge on any atom is -0.335 e. The summed E-state index contributed by atoms with van der Waals surface area (Å²) in [7, 11) is -2.11. The predicted octanol–water partition coefficient (Wildman–Crippen LogP) is 3.09.